The van der Waals surface area contributed by atoms with Crippen LogP contribution in [0.3, 0.4) is 0 Å². The fraction of sp³-hybridized carbons (Fsp3) is 0.455. The number of rotatable bonds is 4. The number of nitrogens with zero attached hydrogens (tertiary/aromatic N) is 1. The van der Waals surface area contributed by atoms with Crippen LogP contribution in [0.5, 0.6) is 0 Å². The van der Waals surface area contributed by atoms with E-state index in [1.807, 2.05) is 0 Å². The highest BCUT2D eigenvalue weighted by molar-refractivity contribution is 6.31. The molecule has 2 N–H and O–H groups in total. The summed E-state index contributed by atoms with van der Waals surface area (Å²) in [6, 6.07) is 2.89. The van der Waals surface area contributed by atoms with Gasteiger partial charge in [-0.1, -0.05) is 11.6 Å². The van der Waals surface area contributed by atoms with Gasteiger partial charge < -0.3 is 10.4 Å². The average molecular weight is 257 g/mol. The van der Waals surface area contributed by atoms with Crippen LogP contribution in [0.15, 0.2) is 12.1 Å². The molecule has 0 radical (unpaired) electrons. The highest BCUT2D eigenvalue weighted by atomic mass is 35.5. The van der Waals surface area contributed by atoms with Crippen molar-refractivity contribution in [3.05, 3.63) is 32.8 Å². The van der Waals surface area contributed by atoms with Gasteiger partial charge in [-0.05, 0) is 31.4 Å². The van der Waals surface area contributed by atoms with Crippen LogP contribution in [-0.2, 0) is 0 Å². The van der Waals surface area contributed by atoms with Gasteiger partial charge in [-0.2, -0.15) is 0 Å². The molecule has 1 aliphatic rings. The van der Waals surface area contributed by atoms with Gasteiger partial charge in [-0.25, -0.2) is 0 Å². The summed E-state index contributed by atoms with van der Waals surface area (Å²) < 4.78 is 0. The Balaban J connectivity index is 2.42. The maximum absolute atomic E-state index is 10.9. The van der Waals surface area contributed by atoms with E-state index >= 15 is 0 Å². The third-order valence-corrected chi connectivity index (χ3v) is 3.53. The molecule has 0 aliphatic heterocycles. The van der Waals surface area contributed by atoms with Crippen LogP contribution in [0.4, 0.5) is 11.4 Å². The van der Waals surface area contributed by atoms with Crippen LogP contribution in [0.1, 0.15) is 18.4 Å². The van der Waals surface area contributed by atoms with Crippen molar-refractivity contribution in [1.29, 1.82) is 0 Å². The highest BCUT2D eigenvalue weighted by Crippen LogP contribution is 2.42. The van der Waals surface area contributed by atoms with Gasteiger partial charge in [0, 0.05) is 11.1 Å². The number of anilines is 1. The molecule has 0 amide bonds. The summed E-state index contributed by atoms with van der Waals surface area (Å²) in [5.41, 5.74) is 0.640. The summed E-state index contributed by atoms with van der Waals surface area (Å²) >= 11 is 5.96. The molecular weight excluding hydrogens is 244 g/mol. The summed E-state index contributed by atoms with van der Waals surface area (Å²) in [6.45, 7) is 1.70. The molecule has 1 fully saturated rings. The van der Waals surface area contributed by atoms with E-state index in [9.17, 15) is 15.2 Å². The number of nitrogens with one attached hydrogen (secondary N) is 1. The SMILES string of the molecule is Cc1c(Cl)ccc([N+](=O)[O-])c1NC1(CO)CC1. The smallest absolute Gasteiger partial charge is 0.292 e. The molecule has 1 aromatic rings. The van der Waals surface area contributed by atoms with Gasteiger partial charge in [-0.15, -0.1) is 0 Å². The second-order valence-electron chi connectivity index (χ2n) is 4.39. The molecule has 1 aromatic carbocycles. The normalized spacial score (nSPS) is 16.6. The predicted molar refractivity (Wildman–Crippen MR) is 65.5 cm³/mol. The van der Waals surface area contributed by atoms with Crippen molar-refractivity contribution in [2.45, 2.75) is 25.3 Å². The highest BCUT2D eigenvalue weighted by Gasteiger charge is 2.43. The lowest BCUT2D eigenvalue weighted by Crippen LogP contribution is -2.26. The maximum Gasteiger partial charge on any atom is 0.292 e. The van der Waals surface area contributed by atoms with Crippen LogP contribution in [0, 0.1) is 17.0 Å². The van der Waals surface area contributed by atoms with Crippen molar-refractivity contribution >= 4 is 23.0 Å². The molecule has 0 atom stereocenters. The van der Waals surface area contributed by atoms with Gasteiger partial charge in [0.05, 0.1) is 17.1 Å². The Morgan fingerprint density at radius 2 is 2.24 bits per heavy atom. The van der Waals surface area contributed by atoms with Crippen molar-refractivity contribution < 1.29 is 10.0 Å². The first-order valence-electron chi connectivity index (χ1n) is 5.32. The number of nitro benzene ring substituents is 1. The Bertz CT molecular complexity index is 472. The third kappa shape index (κ3) is 2.21. The van der Waals surface area contributed by atoms with Gasteiger partial charge in [0.1, 0.15) is 5.69 Å². The van der Waals surface area contributed by atoms with Crippen LogP contribution in [-0.4, -0.2) is 22.2 Å². The zero-order valence-electron chi connectivity index (χ0n) is 9.36. The molecule has 5 nitrogen and oxygen atoms in total. The van der Waals surface area contributed by atoms with Gasteiger partial charge in [0.25, 0.3) is 5.69 Å². The van der Waals surface area contributed by atoms with E-state index in [0.29, 0.717) is 16.3 Å². The Morgan fingerprint density at radius 3 is 2.71 bits per heavy atom. The summed E-state index contributed by atoms with van der Waals surface area (Å²) in [5, 5.41) is 23.7. The van der Waals surface area contributed by atoms with E-state index < -0.39 is 10.5 Å². The Hall–Kier alpha value is -1.33. The lowest BCUT2D eigenvalue weighted by molar-refractivity contribution is -0.384. The van der Waals surface area contributed by atoms with Crippen molar-refractivity contribution in [1.82, 2.24) is 0 Å². The Labute approximate surface area is 104 Å². The molecule has 92 valence electrons. The lowest BCUT2D eigenvalue weighted by Gasteiger charge is -2.18. The average Bonchev–Trinajstić information content (AvgIpc) is 3.05. The number of hydrogen-bond donors (Lipinski definition) is 2. The first kappa shape index (κ1) is 12.1. The number of benzene rings is 1. The van der Waals surface area contributed by atoms with Crippen LogP contribution in [0.2, 0.25) is 5.02 Å². The molecule has 1 aliphatic carbocycles. The van der Waals surface area contributed by atoms with Crippen molar-refractivity contribution in [3.63, 3.8) is 0 Å². The van der Waals surface area contributed by atoms with Crippen molar-refractivity contribution in [3.8, 4) is 0 Å². The number of nitro groups is 1. The van der Waals surface area contributed by atoms with Crippen LogP contribution >= 0.6 is 11.6 Å². The zero-order chi connectivity index (χ0) is 12.6. The second-order valence-corrected chi connectivity index (χ2v) is 4.79. The van der Waals surface area contributed by atoms with Gasteiger partial charge in [0.2, 0.25) is 0 Å². The van der Waals surface area contributed by atoms with E-state index in [-0.39, 0.29) is 12.3 Å². The summed E-state index contributed by atoms with van der Waals surface area (Å²) in [7, 11) is 0. The number of aliphatic hydroxyl groups excluding tert-OH is 1. The van der Waals surface area contributed by atoms with E-state index in [4.69, 9.17) is 11.6 Å². The van der Waals surface area contributed by atoms with E-state index in [1.54, 1.807) is 6.92 Å². The molecule has 0 heterocycles. The topological polar surface area (TPSA) is 75.4 Å². The molecule has 0 saturated heterocycles. The van der Waals surface area contributed by atoms with Gasteiger partial charge in [0.15, 0.2) is 0 Å². The molecule has 17 heavy (non-hydrogen) atoms. The minimum atomic E-state index is -0.445. The Kier molecular flexibility index (Phi) is 2.97. The largest absolute Gasteiger partial charge is 0.394 e. The Morgan fingerprint density at radius 1 is 1.59 bits per heavy atom. The standard InChI is InChI=1S/C11H13ClN2O3/c1-7-8(12)2-3-9(14(16)17)10(7)13-11(6-15)4-5-11/h2-3,13,15H,4-6H2,1H3. The van der Waals surface area contributed by atoms with Crippen molar-refractivity contribution in [2.75, 3.05) is 11.9 Å². The number of halogens is 1. The molecule has 1 saturated carbocycles. The molecule has 2 rings (SSSR count). The summed E-state index contributed by atoms with van der Waals surface area (Å²) in [5.74, 6) is 0. The molecule has 6 heteroatoms. The quantitative estimate of drug-likeness (QED) is 0.641. The van der Waals surface area contributed by atoms with E-state index in [1.165, 1.54) is 12.1 Å². The molecular formula is C11H13ClN2O3. The zero-order valence-corrected chi connectivity index (χ0v) is 10.1. The summed E-state index contributed by atoms with van der Waals surface area (Å²) in [6.07, 6.45) is 1.62. The molecule has 0 spiro atoms. The monoisotopic (exact) mass is 256 g/mol. The fourth-order valence-electron chi connectivity index (χ4n) is 1.72. The minimum Gasteiger partial charge on any atom is -0.394 e. The van der Waals surface area contributed by atoms with E-state index in [2.05, 4.69) is 5.32 Å². The van der Waals surface area contributed by atoms with Crippen LogP contribution in [0.25, 0.3) is 0 Å². The number of hydrogen-bond acceptors (Lipinski definition) is 4. The van der Waals surface area contributed by atoms with E-state index in [0.717, 1.165) is 12.8 Å². The third-order valence-electron chi connectivity index (χ3n) is 3.12. The second kappa shape index (κ2) is 4.16. The molecule has 0 unspecified atom stereocenters. The lowest BCUT2D eigenvalue weighted by atomic mass is 10.1. The summed E-state index contributed by atoms with van der Waals surface area (Å²) in [4.78, 5) is 10.5. The first-order valence-corrected chi connectivity index (χ1v) is 5.69. The van der Waals surface area contributed by atoms with Crippen molar-refractivity contribution in [2.24, 2.45) is 0 Å². The van der Waals surface area contributed by atoms with Gasteiger partial charge in [-0.3, -0.25) is 10.1 Å². The maximum atomic E-state index is 10.9. The predicted octanol–water partition coefficient (Wildman–Crippen LogP) is 2.49. The molecule has 0 bridgehead atoms. The first-order chi connectivity index (χ1) is 7.99. The number of aliphatic hydroxyl groups is 1. The molecule has 0 aromatic heterocycles. The van der Waals surface area contributed by atoms with Crippen LogP contribution < -0.4 is 5.32 Å². The van der Waals surface area contributed by atoms with Gasteiger partial charge >= 0.3 is 0 Å². The fourth-order valence-corrected chi connectivity index (χ4v) is 1.88. The minimum absolute atomic E-state index is 0.00775.